The third kappa shape index (κ3) is 6.05. The lowest BCUT2D eigenvalue weighted by Crippen LogP contribution is -2.49. The maximum absolute atomic E-state index is 14.6. The van der Waals surface area contributed by atoms with Crippen LogP contribution in [0.5, 0.6) is 11.5 Å². The molecule has 1 aliphatic rings. The number of H-pyrrole nitrogens is 1. The van der Waals surface area contributed by atoms with Gasteiger partial charge in [0.15, 0.2) is 0 Å². The lowest BCUT2D eigenvalue weighted by Gasteiger charge is -2.42. The molecular weight excluding hydrogens is 483 g/mol. The number of hydrogen-bond acceptors (Lipinski definition) is 5. The Morgan fingerprint density at radius 2 is 2.03 bits per heavy atom. The van der Waals surface area contributed by atoms with Crippen LogP contribution in [-0.4, -0.2) is 73.1 Å². The number of hydrogen-bond donors (Lipinski definition) is 3. The van der Waals surface area contributed by atoms with E-state index in [1.54, 1.807) is 24.1 Å². The van der Waals surface area contributed by atoms with Crippen molar-refractivity contribution in [1.29, 1.82) is 0 Å². The number of aliphatic hydroxyl groups is 1. The van der Waals surface area contributed by atoms with Crippen molar-refractivity contribution in [2.24, 2.45) is 0 Å². The fourth-order valence-corrected chi connectivity index (χ4v) is 5.12. The van der Waals surface area contributed by atoms with E-state index in [1.807, 2.05) is 44.2 Å². The molecule has 2 heterocycles. The molecule has 37 heavy (non-hydrogen) atoms. The molecule has 1 aliphatic heterocycles. The normalized spacial score (nSPS) is 19.1. The quantitative estimate of drug-likeness (QED) is 0.298. The summed E-state index contributed by atoms with van der Waals surface area (Å²) in [7, 11) is 1.56. The van der Waals surface area contributed by atoms with E-state index >= 15 is 0 Å². The summed E-state index contributed by atoms with van der Waals surface area (Å²) in [5.74, 6) is -2.12. The molecule has 6 nitrogen and oxygen atoms in total. The number of nitrogens with zero attached hydrogens (tertiary/aromatic N) is 1. The van der Waals surface area contributed by atoms with Gasteiger partial charge in [0.2, 0.25) is 0 Å². The van der Waals surface area contributed by atoms with E-state index < -0.39 is 25.1 Å². The molecule has 2 unspecified atom stereocenters. The number of alkyl halides is 3. The molecule has 0 aliphatic carbocycles. The standard InChI is InChI=1S/C28H36F3N3O3/c1-18(32-12-6-11-29)15-37-20-9-10-25(36-3)23(14-20)27-26-22(21-7-4-5-8-24(21)33-26)13-19(2)34(27)16-28(30,31)17-35/h4-5,7-10,14,18-19,27,32-33,35H,6,11-13,15-17H2,1-3H3/t18?,19-,27?/m1/s1. The number of fused-ring (bicyclic) bond motifs is 3. The highest BCUT2D eigenvalue weighted by Crippen LogP contribution is 2.45. The molecule has 9 heteroatoms. The lowest BCUT2D eigenvalue weighted by molar-refractivity contribution is -0.0866. The zero-order valence-corrected chi connectivity index (χ0v) is 21.6. The Balaban J connectivity index is 1.74. The highest BCUT2D eigenvalue weighted by Gasteiger charge is 2.42. The monoisotopic (exact) mass is 519 g/mol. The molecule has 202 valence electrons. The van der Waals surface area contributed by atoms with Crippen LogP contribution in [0.3, 0.4) is 0 Å². The summed E-state index contributed by atoms with van der Waals surface area (Å²) >= 11 is 0. The minimum atomic E-state index is -3.27. The first kappa shape index (κ1) is 27.3. The molecule has 3 aromatic rings. The van der Waals surface area contributed by atoms with Crippen LogP contribution in [0.1, 0.15) is 43.1 Å². The van der Waals surface area contributed by atoms with Crippen molar-refractivity contribution >= 4 is 10.9 Å². The van der Waals surface area contributed by atoms with Crippen LogP contribution >= 0.6 is 0 Å². The van der Waals surface area contributed by atoms with Crippen molar-refractivity contribution in [2.75, 3.05) is 40.1 Å². The fourth-order valence-electron chi connectivity index (χ4n) is 5.12. The van der Waals surface area contributed by atoms with Crippen molar-refractivity contribution in [3.8, 4) is 11.5 Å². The number of rotatable bonds is 12. The molecule has 0 radical (unpaired) electrons. The summed E-state index contributed by atoms with van der Waals surface area (Å²) in [6.45, 7) is 2.62. The maximum Gasteiger partial charge on any atom is 0.283 e. The first-order valence-corrected chi connectivity index (χ1v) is 12.7. The highest BCUT2D eigenvalue weighted by molar-refractivity contribution is 5.85. The van der Waals surface area contributed by atoms with Gasteiger partial charge >= 0.3 is 0 Å². The number of aromatic nitrogens is 1. The van der Waals surface area contributed by atoms with Crippen molar-refractivity contribution in [3.63, 3.8) is 0 Å². The SMILES string of the molecule is COc1ccc(OCC(C)NCCCF)cc1C1c2[nH]c3ccccc3c2C[C@@H](C)N1CC(F)(F)CO. The molecule has 0 fully saturated rings. The van der Waals surface area contributed by atoms with Crippen LogP contribution in [0.25, 0.3) is 10.9 Å². The summed E-state index contributed by atoms with van der Waals surface area (Å²) in [5.41, 5.74) is 3.58. The largest absolute Gasteiger partial charge is 0.496 e. The fraction of sp³-hybridized carbons (Fsp3) is 0.500. The van der Waals surface area contributed by atoms with E-state index in [0.717, 1.165) is 22.2 Å². The molecule has 3 atom stereocenters. The smallest absolute Gasteiger partial charge is 0.283 e. The van der Waals surface area contributed by atoms with Gasteiger partial charge < -0.3 is 24.9 Å². The van der Waals surface area contributed by atoms with Gasteiger partial charge in [0.1, 0.15) is 24.7 Å². The Labute approximate surface area is 215 Å². The predicted molar refractivity (Wildman–Crippen MR) is 139 cm³/mol. The summed E-state index contributed by atoms with van der Waals surface area (Å²) in [5, 5.41) is 13.7. The van der Waals surface area contributed by atoms with E-state index in [9.17, 15) is 18.3 Å². The Kier molecular flexibility index (Phi) is 8.67. The van der Waals surface area contributed by atoms with Gasteiger partial charge in [-0.05, 0) is 63.1 Å². The van der Waals surface area contributed by atoms with Gasteiger partial charge in [-0.3, -0.25) is 9.29 Å². The number of aromatic amines is 1. The van der Waals surface area contributed by atoms with E-state index in [1.165, 1.54) is 0 Å². The molecule has 0 amide bonds. The lowest BCUT2D eigenvalue weighted by atomic mass is 9.87. The van der Waals surface area contributed by atoms with E-state index in [0.29, 0.717) is 43.1 Å². The zero-order valence-electron chi connectivity index (χ0n) is 21.6. The summed E-state index contributed by atoms with van der Waals surface area (Å²) in [6.07, 6.45) is 1.04. The third-order valence-corrected chi connectivity index (χ3v) is 6.96. The Morgan fingerprint density at radius 1 is 1.24 bits per heavy atom. The molecule has 3 N–H and O–H groups in total. The molecular formula is C28H36F3N3O3. The highest BCUT2D eigenvalue weighted by atomic mass is 19.3. The van der Waals surface area contributed by atoms with Crippen LogP contribution in [0.4, 0.5) is 13.2 Å². The number of para-hydroxylation sites is 1. The van der Waals surface area contributed by atoms with Crippen molar-refractivity contribution in [1.82, 2.24) is 15.2 Å². The van der Waals surface area contributed by atoms with E-state index in [4.69, 9.17) is 9.47 Å². The number of halogens is 3. The molecule has 1 aromatic heterocycles. The van der Waals surface area contributed by atoms with Crippen molar-refractivity contribution in [2.45, 2.75) is 50.7 Å². The van der Waals surface area contributed by atoms with E-state index in [-0.39, 0.29) is 18.8 Å². The number of methoxy groups -OCH3 is 1. The Hall–Kier alpha value is -2.75. The Bertz CT molecular complexity index is 1190. The number of aliphatic hydroxyl groups excluding tert-OH is 1. The van der Waals surface area contributed by atoms with Gasteiger partial charge in [0, 0.05) is 34.2 Å². The summed E-state index contributed by atoms with van der Waals surface area (Å²) in [4.78, 5) is 5.22. The van der Waals surface area contributed by atoms with Crippen LogP contribution < -0.4 is 14.8 Å². The minimum absolute atomic E-state index is 0.00635. The second-order valence-corrected chi connectivity index (χ2v) is 9.82. The van der Waals surface area contributed by atoms with Gasteiger partial charge in [-0.1, -0.05) is 18.2 Å². The molecule has 0 bridgehead atoms. The predicted octanol–water partition coefficient (Wildman–Crippen LogP) is 4.86. The van der Waals surface area contributed by atoms with Gasteiger partial charge in [-0.25, -0.2) is 8.78 Å². The van der Waals surface area contributed by atoms with Gasteiger partial charge in [-0.2, -0.15) is 0 Å². The second kappa shape index (κ2) is 11.8. The molecule has 4 rings (SSSR count). The third-order valence-electron chi connectivity index (χ3n) is 6.96. The molecule has 0 saturated carbocycles. The first-order chi connectivity index (χ1) is 17.8. The average Bonchev–Trinajstić information content (AvgIpc) is 3.25. The number of ether oxygens (including phenoxy) is 2. The average molecular weight is 520 g/mol. The topological polar surface area (TPSA) is 69.8 Å². The van der Waals surface area contributed by atoms with Crippen LogP contribution in [0.15, 0.2) is 42.5 Å². The number of benzene rings is 2. The maximum atomic E-state index is 14.6. The van der Waals surface area contributed by atoms with Gasteiger partial charge in [0.05, 0.1) is 26.4 Å². The van der Waals surface area contributed by atoms with Gasteiger partial charge in [0.25, 0.3) is 5.92 Å². The summed E-state index contributed by atoms with van der Waals surface area (Å²) < 4.78 is 53.3. The van der Waals surface area contributed by atoms with Crippen LogP contribution in [0.2, 0.25) is 0 Å². The van der Waals surface area contributed by atoms with Crippen LogP contribution in [0, 0.1) is 0 Å². The Morgan fingerprint density at radius 3 is 2.76 bits per heavy atom. The van der Waals surface area contributed by atoms with Crippen LogP contribution in [-0.2, 0) is 6.42 Å². The number of nitrogens with one attached hydrogen (secondary N) is 2. The molecule has 0 spiro atoms. The zero-order chi connectivity index (χ0) is 26.6. The second-order valence-electron chi connectivity index (χ2n) is 9.82. The van der Waals surface area contributed by atoms with Crippen molar-refractivity contribution in [3.05, 3.63) is 59.3 Å². The van der Waals surface area contributed by atoms with E-state index in [2.05, 4.69) is 10.3 Å². The first-order valence-electron chi connectivity index (χ1n) is 12.7. The summed E-state index contributed by atoms with van der Waals surface area (Å²) in [6, 6.07) is 12.6. The van der Waals surface area contributed by atoms with Gasteiger partial charge in [-0.15, -0.1) is 0 Å². The van der Waals surface area contributed by atoms with Crippen molar-refractivity contribution < 1.29 is 27.8 Å². The molecule has 0 saturated heterocycles. The minimum Gasteiger partial charge on any atom is -0.496 e. The molecule has 2 aromatic carbocycles.